The normalized spacial score (nSPS) is 17.3. The quantitative estimate of drug-likeness (QED) is 0.885. The number of carbonyl (C=O) groups excluding carboxylic acids is 1. The molecule has 2 aliphatic rings. The van der Waals surface area contributed by atoms with Crippen molar-refractivity contribution in [1.29, 1.82) is 0 Å². The molecule has 2 heterocycles. The molecular weight excluding hydrogens is 340 g/mol. The first-order valence-corrected chi connectivity index (χ1v) is 9.35. The van der Waals surface area contributed by atoms with Gasteiger partial charge in [0.05, 0.1) is 6.04 Å². The Labute approximate surface area is 159 Å². The number of ether oxygens (including phenoxy) is 2. The summed E-state index contributed by atoms with van der Waals surface area (Å²) in [7, 11) is 0. The van der Waals surface area contributed by atoms with Gasteiger partial charge in [0, 0.05) is 19.6 Å². The van der Waals surface area contributed by atoms with Crippen molar-refractivity contribution in [2.75, 3.05) is 19.9 Å². The third kappa shape index (κ3) is 3.98. The van der Waals surface area contributed by atoms with Crippen molar-refractivity contribution in [3.63, 3.8) is 0 Å². The zero-order valence-corrected chi connectivity index (χ0v) is 15.5. The number of benzene rings is 2. The second-order valence-electron chi connectivity index (χ2n) is 6.92. The number of amides is 1. The molecule has 0 spiro atoms. The fraction of sp³-hybridized carbons (Fsp3) is 0.318. The van der Waals surface area contributed by atoms with Crippen LogP contribution in [0.5, 0.6) is 11.5 Å². The van der Waals surface area contributed by atoms with Crippen molar-refractivity contribution in [3.8, 4) is 11.5 Å². The van der Waals surface area contributed by atoms with E-state index in [0.717, 1.165) is 36.6 Å². The standard InChI is InChI=1S/C22H24N2O3/c1-16(24-11-9-19(10-12-24)18-5-3-2-4-6-18)22(25)23-14-17-7-8-20-21(13-17)27-15-26-20/h2-9,13,16H,10-12,14-15H2,1H3,(H,23,25). The Bertz CT molecular complexity index is 848. The largest absolute Gasteiger partial charge is 0.454 e. The van der Waals surface area contributed by atoms with E-state index in [0.29, 0.717) is 6.54 Å². The van der Waals surface area contributed by atoms with Crippen molar-refractivity contribution in [3.05, 3.63) is 65.7 Å². The molecule has 0 fully saturated rings. The predicted octanol–water partition coefficient (Wildman–Crippen LogP) is 3.21. The fourth-order valence-corrected chi connectivity index (χ4v) is 3.50. The SMILES string of the molecule is CC(C(=O)NCc1ccc2c(c1)OCO2)N1CC=C(c2ccccc2)CC1. The van der Waals surface area contributed by atoms with E-state index < -0.39 is 0 Å². The summed E-state index contributed by atoms with van der Waals surface area (Å²) in [5, 5.41) is 3.03. The van der Waals surface area contributed by atoms with Crippen LogP contribution in [0.15, 0.2) is 54.6 Å². The van der Waals surface area contributed by atoms with Crippen molar-refractivity contribution < 1.29 is 14.3 Å². The second kappa shape index (κ2) is 7.84. The maximum Gasteiger partial charge on any atom is 0.237 e. The first-order chi connectivity index (χ1) is 13.2. The number of nitrogens with one attached hydrogen (secondary N) is 1. The third-order valence-corrected chi connectivity index (χ3v) is 5.22. The minimum atomic E-state index is -0.160. The van der Waals surface area contributed by atoms with Crippen molar-refractivity contribution in [2.24, 2.45) is 0 Å². The van der Waals surface area contributed by atoms with E-state index in [4.69, 9.17) is 9.47 Å². The van der Waals surface area contributed by atoms with Crippen LogP contribution < -0.4 is 14.8 Å². The Morgan fingerprint density at radius 1 is 1.15 bits per heavy atom. The van der Waals surface area contributed by atoms with Crippen LogP contribution >= 0.6 is 0 Å². The summed E-state index contributed by atoms with van der Waals surface area (Å²) in [6, 6.07) is 16.0. The van der Waals surface area contributed by atoms with Crippen molar-refractivity contribution >= 4 is 11.5 Å². The Kier molecular flexibility index (Phi) is 5.12. The van der Waals surface area contributed by atoms with E-state index in [-0.39, 0.29) is 18.7 Å². The van der Waals surface area contributed by atoms with E-state index in [2.05, 4.69) is 40.6 Å². The van der Waals surface area contributed by atoms with Crippen LogP contribution in [0, 0.1) is 0 Å². The summed E-state index contributed by atoms with van der Waals surface area (Å²) < 4.78 is 10.7. The highest BCUT2D eigenvalue weighted by molar-refractivity contribution is 5.81. The molecule has 0 bridgehead atoms. The molecule has 1 atom stereocenters. The minimum Gasteiger partial charge on any atom is -0.454 e. The maximum atomic E-state index is 12.6. The molecule has 5 nitrogen and oxygen atoms in total. The topological polar surface area (TPSA) is 50.8 Å². The zero-order valence-electron chi connectivity index (χ0n) is 15.5. The molecule has 0 radical (unpaired) electrons. The van der Waals surface area contributed by atoms with Crippen LogP contribution in [0.4, 0.5) is 0 Å². The average molecular weight is 364 g/mol. The Balaban J connectivity index is 1.31. The maximum absolute atomic E-state index is 12.6. The Hall–Kier alpha value is -2.79. The molecule has 4 rings (SSSR count). The van der Waals surface area contributed by atoms with Gasteiger partial charge in [0.15, 0.2) is 11.5 Å². The number of hydrogen-bond acceptors (Lipinski definition) is 4. The summed E-state index contributed by atoms with van der Waals surface area (Å²) in [5.74, 6) is 1.54. The molecule has 0 aliphatic carbocycles. The van der Waals surface area contributed by atoms with E-state index in [1.807, 2.05) is 31.2 Å². The molecule has 0 saturated carbocycles. The summed E-state index contributed by atoms with van der Waals surface area (Å²) >= 11 is 0. The van der Waals surface area contributed by atoms with E-state index >= 15 is 0 Å². The van der Waals surface area contributed by atoms with Gasteiger partial charge in [0.25, 0.3) is 0 Å². The molecule has 27 heavy (non-hydrogen) atoms. The number of rotatable bonds is 5. The summed E-state index contributed by atoms with van der Waals surface area (Å²) in [5.41, 5.74) is 3.64. The van der Waals surface area contributed by atoms with Gasteiger partial charge in [-0.1, -0.05) is 42.5 Å². The molecule has 5 heteroatoms. The lowest BCUT2D eigenvalue weighted by Crippen LogP contribution is -2.46. The highest BCUT2D eigenvalue weighted by atomic mass is 16.7. The van der Waals surface area contributed by atoms with Gasteiger partial charge in [-0.05, 0) is 42.2 Å². The number of nitrogens with zero attached hydrogens (tertiary/aromatic N) is 1. The predicted molar refractivity (Wildman–Crippen MR) is 104 cm³/mol. The summed E-state index contributed by atoms with van der Waals surface area (Å²) in [6.45, 7) is 4.40. The molecule has 1 amide bonds. The third-order valence-electron chi connectivity index (χ3n) is 5.22. The molecule has 0 saturated heterocycles. The average Bonchev–Trinajstić information content (AvgIpc) is 3.20. The molecule has 0 aromatic heterocycles. The van der Waals surface area contributed by atoms with E-state index in [9.17, 15) is 4.79 Å². The fourth-order valence-electron chi connectivity index (χ4n) is 3.50. The van der Waals surface area contributed by atoms with E-state index in [1.165, 1.54) is 11.1 Å². The van der Waals surface area contributed by atoms with Gasteiger partial charge in [0.2, 0.25) is 12.7 Å². The lowest BCUT2D eigenvalue weighted by atomic mass is 9.99. The smallest absolute Gasteiger partial charge is 0.237 e. The van der Waals surface area contributed by atoms with Crippen LogP contribution in [0.25, 0.3) is 5.57 Å². The van der Waals surface area contributed by atoms with Gasteiger partial charge < -0.3 is 14.8 Å². The van der Waals surface area contributed by atoms with Gasteiger partial charge in [-0.3, -0.25) is 9.69 Å². The van der Waals surface area contributed by atoms with Gasteiger partial charge in [0.1, 0.15) is 0 Å². The summed E-state index contributed by atoms with van der Waals surface area (Å²) in [6.07, 6.45) is 3.20. The molecule has 140 valence electrons. The number of fused-ring (bicyclic) bond motifs is 1. The number of carbonyl (C=O) groups is 1. The van der Waals surface area contributed by atoms with Crippen molar-refractivity contribution in [2.45, 2.75) is 25.9 Å². The Morgan fingerprint density at radius 3 is 2.74 bits per heavy atom. The highest BCUT2D eigenvalue weighted by Gasteiger charge is 2.23. The van der Waals surface area contributed by atoms with Crippen molar-refractivity contribution in [1.82, 2.24) is 10.2 Å². The van der Waals surface area contributed by atoms with Crippen LogP contribution in [0.2, 0.25) is 0 Å². The number of hydrogen-bond donors (Lipinski definition) is 1. The minimum absolute atomic E-state index is 0.0456. The molecule has 1 unspecified atom stereocenters. The van der Waals surface area contributed by atoms with Crippen LogP contribution in [-0.2, 0) is 11.3 Å². The molecule has 2 aromatic rings. The Morgan fingerprint density at radius 2 is 1.96 bits per heavy atom. The van der Waals surface area contributed by atoms with Gasteiger partial charge in [-0.25, -0.2) is 0 Å². The van der Waals surface area contributed by atoms with Gasteiger partial charge in [-0.2, -0.15) is 0 Å². The van der Waals surface area contributed by atoms with Crippen LogP contribution in [0.1, 0.15) is 24.5 Å². The molecule has 1 N–H and O–H groups in total. The second-order valence-corrected chi connectivity index (χ2v) is 6.92. The van der Waals surface area contributed by atoms with Crippen LogP contribution in [-0.4, -0.2) is 36.7 Å². The first-order valence-electron chi connectivity index (χ1n) is 9.35. The molecule has 2 aromatic carbocycles. The van der Waals surface area contributed by atoms with Gasteiger partial charge in [-0.15, -0.1) is 0 Å². The lowest BCUT2D eigenvalue weighted by molar-refractivity contribution is -0.125. The van der Waals surface area contributed by atoms with Crippen LogP contribution in [0.3, 0.4) is 0 Å². The monoisotopic (exact) mass is 364 g/mol. The highest BCUT2D eigenvalue weighted by Crippen LogP contribution is 2.32. The molecule has 2 aliphatic heterocycles. The first kappa shape index (κ1) is 17.6. The molecular formula is C22H24N2O3. The lowest BCUT2D eigenvalue weighted by Gasteiger charge is -2.31. The van der Waals surface area contributed by atoms with Gasteiger partial charge >= 0.3 is 0 Å². The zero-order chi connectivity index (χ0) is 18.6. The summed E-state index contributed by atoms with van der Waals surface area (Å²) in [4.78, 5) is 14.8. The van der Waals surface area contributed by atoms with E-state index in [1.54, 1.807) is 0 Å².